The third-order valence-electron chi connectivity index (χ3n) is 2.42. The standard InChI is InChI=1S/C12H14N2O/c1-7-4-10(6-11(13)5-7)12-8(2)14-15-9(12)3/h4-6H,13H2,1-3H3. The lowest BCUT2D eigenvalue weighted by molar-refractivity contribution is 0.393. The molecule has 1 aromatic carbocycles. The molecule has 0 unspecified atom stereocenters. The van der Waals surface area contributed by atoms with Gasteiger partial charge in [0.25, 0.3) is 0 Å². The number of anilines is 1. The average molecular weight is 202 g/mol. The van der Waals surface area contributed by atoms with Gasteiger partial charge >= 0.3 is 0 Å². The van der Waals surface area contributed by atoms with Crippen molar-refractivity contribution in [3.8, 4) is 11.1 Å². The van der Waals surface area contributed by atoms with Gasteiger partial charge in [0.15, 0.2) is 0 Å². The molecule has 2 aromatic rings. The van der Waals surface area contributed by atoms with Crippen molar-refractivity contribution in [2.45, 2.75) is 20.8 Å². The second-order valence-corrected chi connectivity index (χ2v) is 3.83. The van der Waals surface area contributed by atoms with Crippen molar-refractivity contribution in [3.63, 3.8) is 0 Å². The molecule has 0 bridgehead atoms. The second kappa shape index (κ2) is 3.42. The number of rotatable bonds is 1. The lowest BCUT2D eigenvalue weighted by Crippen LogP contribution is -1.89. The fourth-order valence-corrected chi connectivity index (χ4v) is 1.85. The normalized spacial score (nSPS) is 10.6. The molecule has 3 nitrogen and oxygen atoms in total. The van der Waals surface area contributed by atoms with Crippen molar-refractivity contribution in [1.29, 1.82) is 0 Å². The summed E-state index contributed by atoms with van der Waals surface area (Å²) in [6.07, 6.45) is 0. The molecular weight excluding hydrogens is 188 g/mol. The molecule has 15 heavy (non-hydrogen) atoms. The number of benzene rings is 1. The van der Waals surface area contributed by atoms with Crippen LogP contribution in [-0.4, -0.2) is 5.16 Å². The Hall–Kier alpha value is -1.77. The molecule has 0 amide bonds. The highest BCUT2D eigenvalue weighted by Gasteiger charge is 2.11. The van der Waals surface area contributed by atoms with Crippen LogP contribution in [0.1, 0.15) is 17.0 Å². The highest BCUT2D eigenvalue weighted by molar-refractivity contribution is 5.71. The van der Waals surface area contributed by atoms with Crippen LogP contribution in [0.3, 0.4) is 0 Å². The summed E-state index contributed by atoms with van der Waals surface area (Å²) in [6, 6.07) is 5.98. The van der Waals surface area contributed by atoms with Gasteiger partial charge in [-0.05, 0) is 44.0 Å². The Morgan fingerprint density at radius 2 is 1.87 bits per heavy atom. The van der Waals surface area contributed by atoms with Crippen molar-refractivity contribution in [2.75, 3.05) is 5.73 Å². The Bertz CT molecular complexity index is 461. The average Bonchev–Trinajstić information content (AvgIpc) is 2.44. The molecule has 1 aromatic heterocycles. The predicted octanol–water partition coefficient (Wildman–Crippen LogP) is 2.85. The first-order valence-electron chi connectivity index (χ1n) is 4.88. The van der Waals surface area contributed by atoms with Crippen LogP contribution in [0.5, 0.6) is 0 Å². The van der Waals surface area contributed by atoms with Crippen LogP contribution in [0.15, 0.2) is 22.7 Å². The molecule has 0 saturated carbocycles. The minimum atomic E-state index is 0.769. The van der Waals surface area contributed by atoms with Crippen LogP contribution in [0.4, 0.5) is 5.69 Å². The van der Waals surface area contributed by atoms with Crippen molar-refractivity contribution in [1.82, 2.24) is 5.16 Å². The van der Waals surface area contributed by atoms with Crippen LogP contribution in [0.2, 0.25) is 0 Å². The Kier molecular flexibility index (Phi) is 2.23. The molecule has 0 radical (unpaired) electrons. The maximum atomic E-state index is 5.81. The number of hydrogen-bond acceptors (Lipinski definition) is 3. The first-order valence-corrected chi connectivity index (χ1v) is 4.88. The van der Waals surface area contributed by atoms with E-state index in [2.05, 4.69) is 11.2 Å². The van der Waals surface area contributed by atoms with Gasteiger partial charge in [0.1, 0.15) is 5.76 Å². The van der Waals surface area contributed by atoms with Crippen molar-refractivity contribution in [3.05, 3.63) is 35.2 Å². The topological polar surface area (TPSA) is 52.0 Å². The maximum absolute atomic E-state index is 5.81. The lowest BCUT2D eigenvalue weighted by Gasteiger charge is -2.03. The Labute approximate surface area is 88.9 Å². The zero-order valence-corrected chi connectivity index (χ0v) is 9.16. The summed E-state index contributed by atoms with van der Waals surface area (Å²) in [5, 5.41) is 3.94. The summed E-state index contributed by atoms with van der Waals surface area (Å²) >= 11 is 0. The number of aryl methyl sites for hydroxylation is 3. The van der Waals surface area contributed by atoms with E-state index in [1.54, 1.807) is 0 Å². The van der Waals surface area contributed by atoms with Gasteiger partial charge < -0.3 is 10.3 Å². The minimum Gasteiger partial charge on any atom is -0.399 e. The number of nitrogens with two attached hydrogens (primary N) is 1. The fraction of sp³-hybridized carbons (Fsp3) is 0.250. The van der Waals surface area contributed by atoms with Crippen LogP contribution in [-0.2, 0) is 0 Å². The Balaban J connectivity index is 2.63. The van der Waals surface area contributed by atoms with Gasteiger partial charge in [-0.15, -0.1) is 0 Å². The molecule has 0 fully saturated rings. The summed E-state index contributed by atoms with van der Waals surface area (Å²) in [7, 11) is 0. The van der Waals surface area contributed by atoms with E-state index in [9.17, 15) is 0 Å². The molecule has 2 rings (SSSR count). The molecule has 1 heterocycles. The van der Waals surface area contributed by atoms with E-state index in [1.165, 1.54) is 0 Å². The largest absolute Gasteiger partial charge is 0.399 e. The SMILES string of the molecule is Cc1cc(N)cc(-c2c(C)noc2C)c1. The zero-order valence-electron chi connectivity index (χ0n) is 9.16. The molecule has 2 N–H and O–H groups in total. The third-order valence-corrected chi connectivity index (χ3v) is 2.42. The maximum Gasteiger partial charge on any atom is 0.141 e. The zero-order chi connectivity index (χ0) is 11.0. The Morgan fingerprint density at radius 1 is 1.13 bits per heavy atom. The Morgan fingerprint density at radius 3 is 2.40 bits per heavy atom. The third kappa shape index (κ3) is 1.73. The number of nitrogens with zero attached hydrogens (tertiary/aromatic N) is 1. The van der Waals surface area contributed by atoms with E-state index in [-0.39, 0.29) is 0 Å². The van der Waals surface area contributed by atoms with Gasteiger partial charge in [-0.3, -0.25) is 0 Å². The van der Waals surface area contributed by atoms with Crippen LogP contribution in [0, 0.1) is 20.8 Å². The van der Waals surface area contributed by atoms with E-state index >= 15 is 0 Å². The summed E-state index contributed by atoms with van der Waals surface area (Å²) in [6.45, 7) is 5.87. The molecule has 0 aliphatic carbocycles. The van der Waals surface area contributed by atoms with Crippen molar-refractivity contribution < 1.29 is 4.52 Å². The van der Waals surface area contributed by atoms with E-state index in [4.69, 9.17) is 10.3 Å². The van der Waals surface area contributed by atoms with Gasteiger partial charge in [-0.25, -0.2) is 0 Å². The molecule has 0 aliphatic rings. The van der Waals surface area contributed by atoms with E-state index in [0.717, 1.165) is 33.8 Å². The van der Waals surface area contributed by atoms with Crippen LogP contribution >= 0.6 is 0 Å². The molecular formula is C12H14N2O. The first-order chi connectivity index (χ1) is 7.08. The van der Waals surface area contributed by atoms with Crippen LogP contribution in [0.25, 0.3) is 11.1 Å². The molecule has 3 heteroatoms. The lowest BCUT2D eigenvalue weighted by atomic mass is 10.0. The summed E-state index contributed by atoms with van der Waals surface area (Å²) in [4.78, 5) is 0. The number of aromatic nitrogens is 1. The van der Waals surface area contributed by atoms with Gasteiger partial charge in [-0.1, -0.05) is 11.2 Å². The van der Waals surface area contributed by atoms with Crippen LogP contribution < -0.4 is 5.73 Å². The quantitative estimate of drug-likeness (QED) is 0.723. The summed E-state index contributed by atoms with van der Waals surface area (Å²) < 4.78 is 5.14. The van der Waals surface area contributed by atoms with E-state index in [0.29, 0.717) is 0 Å². The molecule has 0 aliphatic heterocycles. The van der Waals surface area contributed by atoms with Gasteiger partial charge in [-0.2, -0.15) is 0 Å². The van der Waals surface area contributed by atoms with Crippen molar-refractivity contribution in [2.24, 2.45) is 0 Å². The van der Waals surface area contributed by atoms with E-state index < -0.39 is 0 Å². The fourth-order valence-electron chi connectivity index (χ4n) is 1.85. The number of nitrogen functional groups attached to an aromatic ring is 1. The van der Waals surface area contributed by atoms with Gasteiger partial charge in [0.05, 0.1) is 5.69 Å². The predicted molar refractivity (Wildman–Crippen MR) is 60.6 cm³/mol. The smallest absolute Gasteiger partial charge is 0.141 e. The molecule has 78 valence electrons. The minimum absolute atomic E-state index is 0.769. The number of hydrogen-bond donors (Lipinski definition) is 1. The molecule has 0 spiro atoms. The summed E-state index contributed by atoms with van der Waals surface area (Å²) in [5.41, 5.74) is 10.7. The monoisotopic (exact) mass is 202 g/mol. The van der Waals surface area contributed by atoms with E-state index in [1.807, 2.05) is 32.9 Å². The van der Waals surface area contributed by atoms with Gasteiger partial charge in [0.2, 0.25) is 0 Å². The first kappa shape index (κ1) is 9.77. The van der Waals surface area contributed by atoms with Crippen molar-refractivity contribution >= 4 is 5.69 Å². The molecule has 0 atom stereocenters. The molecule has 0 saturated heterocycles. The second-order valence-electron chi connectivity index (χ2n) is 3.83. The highest BCUT2D eigenvalue weighted by Crippen LogP contribution is 2.28. The highest BCUT2D eigenvalue weighted by atomic mass is 16.5. The summed E-state index contributed by atoms with van der Waals surface area (Å²) in [5.74, 6) is 0.831. The van der Waals surface area contributed by atoms with Gasteiger partial charge in [0, 0.05) is 11.3 Å².